The number of amides is 2. The van der Waals surface area contributed by atoms with Gasteiger partial charge in [-0.05, 0) is 31.9 Å². The molecule has 6 nitrogen and oxygen atoms in total. The zero-order chi connectivity index (χ0) is 18.9. The standard InChI is InChI=1S/C20H29N3O3/c1-15(16(2)26-4)18(24)22-12-10-20(11-13-22)19(25)21(3)14-23(20)17-8-6-5-7-9-17/h5-9,15-16H,10-14H2,1-4H3/t15-,16+/m1/s1. The molecule has 0 saturated carbocycles. The first-order valence-electron chi connectivity index (χ1n) is 9.30. The fraction of sp³-hybridized carbons (Fsp3) is 0.600. The Morgan fingerprint density at radius 3 is 2.35 bits per heavy atom. The first-order chi connectivity index (χ1) is 12.4. The molecule has 6 heteroatoms. The molecule has 0 bridgehead atoms. The Morgan fingerprint density at radius 2 is 1.77 bits per heavy atom. The summed E-state index contributed by atoms with van der Waals surface area (Å²) >= 11 is 0. The van der Waals surface area contributed by atoms with Crippen LogP contribution in [-0.4, -0.2) is 67.2 Å². The molecule has 0 N–H and O–H groups in total. The third-order valence-electron chi connectivity index (χ3n) is 6.05. The molecule has 2 atom stereocenters. The second-order valence-corrected chi connectivity index (χ2v) is 7.49. The molecule has 3 rings (SSSR count). The number of carbonyl (C=O) groups is 2. The van der Waals surface area contributed by atoms with Gasteiger partial charge in [0.1, 0.15) is 5.54 Å². The molecule has 2 heterocycles. The molecular formula is C20H29N3O3. The molecule has 1 aromatic rings. The van der Waals surface area contributed by atoms with Crippen molar-refractivity contribution in [1.82, 2.24) is 9.80 Å². The van der Waals surface area contributed by atoms with Crippen LogP contribution in [0.1, 0.15) is 26.7 Å². The van der Waals surface area contributed by atoms with Crippen LogP contribution in [0.4, 0.5) is 5.69 Å². The number of rotatable bonds is 4. The van der Waals surface area contributed by atoms with E-state index in [2.05, 4.69) is 4.90 Å². The van der Waals surface area contributed by atoms with Gasteiger partial charge in [0.25, 0.3) is 0 Å². The SMILES string of the molecule is CO[C@@H](C)[C@@H](C)C(=O)N1CCC2(CC1)C(=O)N(C)CN2c1ccccc1. The minimum absolute atomic E-state index is 0.110. The van der Waals surface area contributed by atoms with Crippen molar-refractivity contribution < 1.29 is 14.3 Å². The summed E-state index contributed by atoms with van der Waals surface area (Å²) in [6.45, 7) is 5.62. The Balaban J connectivity index is 1.77. The molecule has 2 saturated heterocycles. The summed E-state index contributed by atoms with van der Waals surface area (Å²) in [7, 11) is 3.48. The van der Waals surface area contributed by atoms with Crippen LogP contribution in [0.3, 0.4) is 0 Å². The van der Waals surface area contributed by atoms with Gasteiger partial charge in [0, 0.05) is 32.9 Å². The number of piperidine rings is 1. The highest BCUT2D eigenvalue weighted by Gasteiger charge is 2.53. The van der Waals surface area contributed by atoms with E-state index in [4.69, 9.17) is 4.74 Å². The van der Waals surface area contributed by atoms with Crippen LogP contribution < -0.4 is 4.90 Å². The van der Waals surface area contributed by atoms with Gasteiger partial charge < -0.3 is 19.4 Å². The number of anilines is 1. The summed E-state index contributed by atoms with van der Waals surface area (Å²) in [4.78, 5) is 31.6. The van der Waals surface area contributed by atoms with Crippen molar-refractivity contribution in [2.75, 3.05) is 38.8 Å². The Bertz CT molecular complexity index is 656. The second kappa shape index (κ2) is 7.27. The molecule has 2 aliphatic rings. The summed E-state index contributed by atoms with van der Waals surface area (Å²) in [5.74, 6) is 0.0900. The highest BCUT2D eigenvalue weighted by Crippen LogP contribution is 2.39. The number of likely N-dealkylation sites (tertiary alicyclic amines) is 1. The van der Waals surface area contributed by atoms with Crippen LogP contribution in [0.25, 0.3) is 0 Å². The third-order valence-corrected chi connectivity index (χ3v) is 6.05. The molecule has 0 unspecified atom stereocenters. The summed E-state index contributed by atoms with van der Waals surface area (Å²) < 4.78 is 5.31. The van der Waals surface area contributed by atoms with Crippen LogP contribution in [0, 0.1) is 5.92 Å². The maximum Gasteiger partial charge on any atom is 0.249 e. The lowest BCUT2D eigenvalue weighted by Crippen LogP contribution is -2.58. The van der Waals surface area contributed by atoms with Gasteiger partial charge in [-0.1, -0.05) is 25.1 Å². The van der Waals surface area contributed by atoms with Crippen molar-refractivity contribution >= 4 is 17.5 Å². The molecule has 0 radical (unpaired) electrons. The van der Waals surface area contributed by atoms with Crippen molar-refractivity contribution in [3.8, 4) is 0 Å². The maximum atomic E-state index is 13.0. The average molecular weight is 359 g/mol. The highest BCUT2D eigenvalue weighted by molar-refractivity contribution is 5.93. The number of hydrogen-bond acceptors (Lipinski definition) is 4. The summed E-state index contributed by atoms with van der Waals surface area (Å²) in [5, 5.41) is 0. The summed E-state index contributed by atoms with van der Waals surface area (Å²) in [6, 6.07) is 10.1. The number of likely N-dealkylation sites (N-methyl/N-ethyl adjacent to an activating group) is 1. The number of hydrogen-bond donors (Lipinski definition) is 0. The van der Waals surface area contributed by atoms with Gasteiger partial charge >= 0.3 is 0 Å². The van der Waals surface area contributed by atoms with Crippen molar-refractivity contribution in [3.05, 3.63) is 30.3 Å². The normalized spacial score (nSPS) is 22.0. The van der Waals surface area contributed by atoms with Crippen molar-refractivity contribution in [2.24, 2.45) is 5.92 Å². The van der Waals surface area contributed by atoms with E-state index in [1.807, 2.05) is 56.1 Å². The zero-order valence-electron chi connectivity index (χ0n) is 16.1. The smallest absolute Gasteiger partial charge is 0.249 e. The fourth-order valence-corrected chi connectivity index (χ4v) is 4.09. The molecule has 0 aliphatic carbocycles. The molecule has 2 fully saturated rings. The van der Waals surface area contributed by atoms with E-state index in [1.54, 1.807) is 12.0 Å². The fourth-order valence-electron chi connectivity index (χ4n) is 4.09. The Kier molecular flexibility index (Phi) is 5.23. The molecule has 2 aliphatic heterocycles. The number of ether oxygens (including phenoxy) is 1. The van der Waals surface area contributed by atoms with Gasteiger partial charge in [-0.2, -0.15) is 0 Å². The third kappa shape index (κ3) is 3.07. The average Bonchev–Trinajstić information content (AvgIpc) is 2.92. The van der Waals surface area contributed by atoms with Crippen LogP contribution in [0.5, 0.6) is 0 Å². The zero-order valence-corrected chi connectivity index (χ0v) is 16.1. The van der Waals surface area contributed by atoms with Gasteiger partial charge in [-0.3, -0.25) is 9.59 Å². The molecular weight excluding hydrogens is 330 g/mol. The van der Waals surface area contributed by atoms with Gasteiger partial charge in [0.05, 0.1) is 18.7 Å². The molecule has 2 amide bonds. The number of para-hydroxylation sites is 1. The lowest BCUT2D eigenvalue weighted by Gasteiger charge is -2.44. The molecule has 142 valence electrons. The highest BCUT2D eigenvalue weighted by atomic mass is 16.5. The van der Waals surface area contributed by atoms with E-state index >= 15 is 0 Å². The minimum Gasteiger partial charge on any atom is -0.381 e. The maximum absolute atomic E-state index is 13.0. The quantitative estimate of drug-likeness (QED) is 0.825. The van der Waals surface area contributed by atoms with Gasteiger partial charge in [0.2, 0.25) is 11.8 Å². The van der Waals surface area contributed by atoms with E-state index < -0.39 is 5.54 Å². The predicted molar refractivity (Wildman–Crippen MR) is 101 cm³/mol. The summed E-state index contributed by atoms with van der Waals surface area (Å²) in [5.41, 5.74) is 0.523. The van der Waals surface area contributed by atoms with Crippen LogP contribution in [0.15, 0.2) is 30.3 Å². The minimum atomic E-state index is -0.539. The van der Waals surface area contributed by atoms with Crippen molar-refractivity contribution in [3.63, 3.8) is 0 Å². The van der Waals surface area contributed by atoms with E-state index in [0.717, 1.165) is 5.69 Å². The molecule has 26 heavy (non-hydrogen) atoms. The van der Waals surface area contributed by atoms with Crippen LogP contribution in [0.2, 0.25) is 0 Å². The lowest BCUT2D eigenvalue weighted by molar-refractivity contribution is -0.143. The van der Waals surface area contributed by atoms with Crippen molar-refractivity contribution in [2.45, 2.75) is 38.3 Å². The van der Waals surface area contributed by atoms with Gasteiger partial charge in [0.15, 0.2) is 0 Å². The number of methoxy groups -OCH3 is 1. The monoisotopic (exact) mass is 359 g/mol. The Labute approximate surface area is 155 Å². The molecule has 0 aromatic heterocycles. The van der Waals surface area contributed by atoms with E-state index in [-0.39, 0.29) is 23.8 Å². The van der Waals surface area contributed by atoms with Gasteiger partial charge in [-0.15, -0.1) is 0 Å². The first-order valence-corrected chi connectivity index (χ1v) is 9.30. The Hall–Kier alpha value is -2.08. The molecule has 1 spiro atoms. The molecule has 1 aromatic carbocycles. The number of benzene rings is 1. The van der Waals surface area contributed by atoms with Crippen molar-refractivity contribution in [1.29, 1.82) is 0 Å². The second-order valence-electron chi connectivity index (χ2n) is 7.49. The van der Waals surface area contributed by atoms with Gasteiger partial charge in [-0.25, -0.2) is 0 Å². The number of nitrogens with zero attached hydrogens (tertiary/aromatic N) is 3. The van der Waals surface area contributed by atoms with Crippen LogP contribution in [-0.2, 0) is 14.3 Å². The van der Waals surface area contributed by atoms with E-state index in [1.165, 1.54) is 0 Å². The lowest BCUT2D eigenvalue weighted by atomic mass is 9.85. The van der Waals surface area contributed by atoms with E-state index in [9.17, 15) is 9.59 Å². The largest absolute Gasteiger partial charge is 0.381 e. The van der Waals surface area contributed by atoms with Crippen LogP contribution >= 0.6 is 0 Å². The predicted octanol–water partition coefficient (Wildman–Crippen LogP) is 1.95. The number of carbonyl (C=O) groups excluding carboxylic acids is 2. The topological polar surface area (TPSA) is 53.1 Å². The first kappa shape index (κ1) is 18.7. The summed E-state index contributed by atoms with van der Waals surface area (Å²) in [6.07, 6.45) is 1.20. The Morgan fingerprint density at radius 1 is 1.15 bits per heavy atom. The van der Waals surface area contributed by atoms with E-state index in [0.29, 0.717) is 32.6 Å².